The van der Waals surface area contributed by atoms with Crippen molar-refractivity contribution in [3.8, 4) is 39.8 Å². The molecule has 0 spiro atoms. The maximum absolute atomic E-state index is 13.0. The Morgan fingerprint density at radius 2 is 1.50 bits per heavy atom. The van der Waals surface area contributed by atoms with Gasteiger partial charge in [0.1, 0.15) is 24.7 Å². The summed E-state index contributed by atoms with van der Waals surface area (Å²) in [6, 6.07) is 20.1. The lowest BCUT2D eigenvalue weighted by Gasteiger charge is -2.20. The van der Waals surface area contributed by atoms with Crippen LogP contribution in [0.3, 0.4) is 0 Å². The topological polar surface area (TPSA) is 128 Å². The molecule has 240 valence electrons. The van der Waals surface area contributed by atoms with E-state index in [0.717, 1.165) is 28.2 Å². The van der Waals surface area contributed by atoms with Gasteiger partial charge < -0.3 is 14.2 Å². The second-order valence-electron chi connectivity index (χ2n) is 10.7. The normalized spacial score (nSPS) is 12.0. The maximum atomic E-state index is 13.0. The summed E-state index contributed by atoms with van der Waals surface area (Å²) in [5.41, 5.74) is 5.92. The highest BCUT2D eigenvalue weighted by atomic mass is 32.1. The minimum atomic E-state index is -0.297. The van der Waals surface area contributed by atoms with Gasteiger partial charge in [-0.2, -0.15) is 4.57 Å². The summed E-state index contributed by atoms with van der Waals surface area (Å²) in [5, 5.41) is 10.5. The van der Waals surface area contributed by atoms with Gasteiger partial charge >= 0.3 is 0 Å². The zero-order chi connectivity index (χ0) is 33.0. The third kappa shape index (κ3) is 6.59. The number of para-hydroxylation sites is 1. The number of rotatable bonds is 9. The summed E-state index contributed by atoms with van der Waals surface area (Å²) in [6.45, 7) is 3.49. The Hall–Kier alpha value is -5.66. The Labute approximate surface area is 283 Å². The van der Waals surface area contributed by atoms with Crippen molar-refractivity contribution in [3.63, 3.8) is 0 Å². The number of hydrogen-bond acceptors (Lipinski definition) is 10. The number of hydrogen-bond donors (Lipinski definition) is 2. The van der Waals surface area contributed by atoms with Crippen molar-refractivity contribution in [2.75, 3.05) is 31.0 Å². The highest BCUT2D eigenvalue weighted by Crippen LogP contribution is 2.40. The second kappa shape index (κ2) is 13.6. The van der Waals surface area contributed by atoms with E-state index < -0.39 is 0 Å². The van der Waals surface area contributed by atoms with Crippen LogP contribution in [-0.4, -0.2) is 47.1 Å². The number of nitrogens with zero attached hydrogens (tertiary/aromatic N) is 4. The third-order valence-corrected chi connectivity index (χ3v) is 9.20. The SMILES string of the molecule is COc1ccc(C(=O)Nc2nc(-c3ccc[n+](Cc4ccc(C(=O)Nc5nc(-c6cccc7c6OCCO7)cs5)cn4)c3C)cs2)cc1. The van der Waals surface area contributed by atoms with Crippen LogP contribution >= 0.6 is 22.7 Å². The molecular formula is C35H29N6O5S2+. The molecule has 1 aliphatic heterocycles. The Morgan fingerprint density at radius 1 is 0.833 bits per heavy atom. The minimum absolute atomic E-state index is 0.242. The Balaban J connectivity index is 0.993. The quantitative estimate of drug-likeness (QED) is 0.172. The Morgan fingerprint density at radius 3 is 2.21 bits per heavy atom. The molecule has 11 nitrogen and oxygen atoms in total. The maximum Gasteiger partial charge on any atom is 0.259 e. The number of carbonyl (C=O) groups excluding carboxylic acids is 2. The number of ether oxygens (including phenoxy) is 3. The predicted octanol–water partition coefficient (Wildman–Crippen LogP) is 6.26. The van der Waals surface area contributed by atoms with E-state index in [9.17, 15) is 9.59 Å². The van der Waals surface area contributed by atoms with Crippen LogP contribution in [0.15, 0.2) is 89.9 Å². The zero-order valence-corrected chi connectivity index (χ0v) is 27.6. The van der Waals surface area contributed by atoms with Crippen LogP contribution in [0.4, 0.5) is 10.3 Å². The van der Waals surface area contributed by atoms with Crippen molar-refractivity contribution in [1.29, 1.82) is 0 Å². The summed E-state index contributed by atoms with van der Waals surface area (Å²) in [7, 11) is 1.58. The fraction of sp³-hybridized carbons (Fsp3) is 0.143. The van der Waals surface area contributed by atoms with E-state index in [0.29, 0.717) is 64.1 Å². The lowest BCUT2D eigenvalue weighted by atomic mass is 10.1. The highest BCUT2D eigenvalue weighted by Gasteiger charge is 2.20. The predicted molar refractivity (Wildman–Crippen MR) is 183 cm³/mol. The molecule has 0 saturated carbocycles. The fourth-order valence-electron chi connectivity index (χ4n) is 5.17. The van der Waals surface area contributed by atoms with Crippen molar-refractivity contribution >= 4 is 44.8 Å². The van der Waals surface area contributed by atoms with Crippen molar-refractivity contribution in [3.05, 3.63) is 112 Å². The van der Waals surface area contributed by atoms with Gasteiger partial charge in [-0.25, -0.2) is 9.97 Å². The largest absolute Gasteiger partial charge is 0.497 e. The molecular weight excluding hydrogens is 649 g/mol. The number of pyridine rings is 2. The van der Waals surface area contributed by atoms with Gasteiger partial charge in [0.15, 0.2) is 40.2 Å². The van der Waals surface area contributed by atoms with Gasteiger partial charge in [0.25, 0.3) is 11.8 Å². The van der Waals surface area contributed by atoms with Crippen LogP contribution in [0, 0.1) is 6.92 Å². The van der Waals surface area contributed by atoms with Crippen LogP contribution < -0.4 is 29.4 Å². The van der Waals surface area contributed by atoms with Crippen LogP contribution in [0.2, 0.25) is 0 Å². The number of fused-ring (bicyclic) bond motifs is 1. The van der Waals surface area contributed by atoms with Gasteiger partial charge in [-0.15, -0.1) is 22.7 Å². The molecule has 6 aromatic rings. The van der Waals surface area contributed by atoms with E-state index in [1.54, 1.807) is 43.6 Å². The molecule has 7 rings (SSSR count). The van der Waals surface area contributed by atoms with E-state index in [-0.39, 0.29) is 11.8 Å². The first-order valence-electron chi connectivity index (χ1n) is 15.0. The first-order chi connectivity index (χ1) is 23.4. The molecule has 2 amide bonds. The van der Waals surface area contributed by atoms with Crippen molar-refractivity contribution in [2.24, 2.45) is 0 Å². The molecule has 2 aromatic carbocycles. The molecule has 0 atom stereocenters. The van der Waals surface area contributed by atoms with Crippen LogP contribution in [0.5, 0.6) is 17.2 Å². The number of aromatic nitrogens is 4. The fourth-order valence-corrected chi connectivity index (χ4v) is 6.58. The van der Waals surface area contributed by atoms with Gasteiger partial charge in [-0.3, -0.25) is 25.2 Å². The number of anilines is 2. The molecule has 0 saturated heterocycles. The average Bonchev–Trinajstić information content (AvgIpc) is 3.79. The number of benzene rings is 2. The van der Waals surface area contributed by atoms with E-state index in [1.165, 1.54) is 22.7 Å². The zero-order valence-electron chi connectivity index (χ0n) is 25.9. The number of thiazole rings is 2. The molecule has 13 heteroatoms. The molecule has 2 N–H and O–H groups in total. The molecule has 0 radical (unpaired) electrons. The second-order valence-corrected chi connectivity index (χ2v) is 12.4. The first kappa shape index (κ1) is 31.0. The van der Waals surface area contributed by atoms with Gasteiger partial charge in [0.2, 0.25) is 0 Å². The van der Waals surface area contributed by atoms with E-state index in [2.05, 4.69) is 30.2 Å². The van der Waals surface area contributed by atoms with E-state index in [1.807, 2.05) is 60.3 Å². The van der Waals surface area contributed by atoms with Gasteiger partial charge in [-0.05, 0) is 54.6 Å². The summed E-state index contributed by atoms with van der Waals surface area (Å²) in [5.74, 6) is 1.49. The summed E-state index contributed by atoms with van der Waals surface area (Å²) < 4.78 is 18.7. The van der Waals surface area contributed by atoms with Crippen LogP contribution in [-0.2, 0) is 6.54 Å². The van der Waals surface area contributed by atoms with Crippen molar-refractivity contribution in [1.82, 2.24) is 15.0 Å². The van der Waals surface area contributed by atoms with Crippen molar-refractivity contribution < 1.29 is 28.4 Å². The molecule has 0 unspecified atom stereocenters. The Kier molecular flexibility index (Phi) is 8.77. The lowest BCUT2D eigenvalue weighted by Crippen LogP contribution is -2.38. The van der Waals surface area contributed by atoms with E-state index >= 15 is 0 Å². The van der Waals surface area contributed by atoms with Crippen LogP contribution in [0.1, 0.15) is 32.1 Å². The highest BCUT2D eigenvalue weighted by molar-refractivity contribution is 7.14. The number of carbonyl (C=O) groups is 2. The monoisotopic (exact) mass is 677 g/mol. The average molecular weight is 678 g/mol. The minimum Gasteiger partial charge on any atom is -0.497 e. The van der Waals surface area contributed by atoms with Gasteiger partial charge in [-0.1, -0.05) is 6.07 Å². The molecule has 0 bridgehead atoms. The van der Waals surface area contributed by atoms with E-state index in [4.69, 9.17) is 14.2 Å². The third-order valence-electron chi connectivity index (χ3n) is 7.69. The standard InChI is InChI=1S/C35H28N6O5S2/c1-21-26(28-19-47-34(37-28)39-32(42)22-9-12-25(44-2)13-10-22)6-4-14-41(21)18-24-11-8-23(17-36-24)33(43)40-35-38-29(20-48-35)27-5-3-7-30-31(27)46-16-15-45-30/h3-14,17,19-20H,15-16,18H2,1-2H3,(H-,37,38,39,40,42,43)/p+1. The van der Waals surface area contributed by atoms with Gasteiger partial charge in [0, 0.05) is 41.1 Å². The smallest absolute Gasteiger partial charge is 0.259 e. The lowest BCUT2D eigenvalue weighted by molar-refractivity contribution is -0.694. The molecule has 0 aliphatic carbocycles. The molecule has 0 fully saturated rings. The van der Waals surface area contributed by atoms with Gasteiger partial charge in [0.05, 0.1) is 29.6 Å². The summed E-state index contributed by atoms with van der Waals surface area (Å²) in [6.07, 6.45) is 3.54. The number of nitrogens with one attached hydrogen (secondary N) is 2. The molecule has 5 heterocycles. The summed E-state index contributed by atoms with van der Waals surface area (Å²) in [4.78, 5) is 39.6. The summed E-state index contributed by atoms with van der Waals surface area (Å²) >= 11 is 2.70. The number of methoxy groups -OCH3 is 1. The first-order valence-corrected chi connectivity index (χ1v) is 16.7. The number of amides is 2. The Bertz CT molecular complexity index is 2110. The molecule has 48 heavy (non-hydrogen) atoms. The van der Waals surface area contributed by atoms with Crippen molar-refractivity contribution in [2.45, 2.75) is 13.5 Å². The molecule has 4 aromatic heterocycles. The molecule has 1 aliphatic rings. The van der Waals surface area contributed by atoms with Crippen LogP contribution in [0.25, 0.3) is 22.5 Å².